The van der Waals surface area contributed by atoms with Crippen LogP contribution in [0.15, 0.2) is 12.1 Å². The van der Waals surface area contributed by atoms with Gasteiger partial charge in [-0.1, -0.05) is 13.3 Å². The van der Waals surface area contributed by atoms with Crippen LogP contribution in [0.3, 0.4) is 0 Å². The van der Waals surface area contributed by atoms with Gasteiger partial charge in [0.1, 0.15) is 5.82 Å². The number of amides is 1. The van der Waals surface area contributed by atoms with E-state index in [1.807, 2.05) is 6.92 Å². The fraction of sp³-hybridized carbons (Fsp3) is 0.500. The first kappa shape index (κ1) is 12.4. The summed E-state index contributed by atoms with van der Waals surface area (Å²) in [7, 11) is 0. The van der Waals surface area contributed by atoms with Crippen molar-refractivity contribution in [1.29, 1.82) is 0 Å². The second kappa shape index (κ2) is 6.02. The number of aromatic nitrogens is 2. The van der Waals surface area contributed by atoms with Gasteiger partial charge in [0, 0.05) is 6.54 Å². The molecule has 0 aliphatic rings. The van der Waals surface area contributed by atoms with Crippen LogP contribution >= 0.6 is 0 Å². The van der Waals surface area contributed by atoms with Crippen molar-refractivity contribution in [3.63, 3.8) is 0 Å². The Morgan fingerprint density at radius 3 is 2.81 bits per heavy atom. The highest BCUT2D eigenvalue weighted by molar-refractivity contribution is 5.90. The summed E-state index contributed by atoms with van der Waals surface area (Å²) in [6.45, 7) is 2.42. The lowest BCUT2D eigenvalue weighted by atomic mass is 10.2. The van der Waals surface area contributed by atoms with Gasteiger partial charge in [-0.25, -0.2) is 0 Å². The fourth-order valence-corrected chi connectivity index (χ4v) is 1.22. The Hall–Kier alpha value is -1.69. The second-order valence-corrected chi connectivity index (χ2v) is 3.49. The molecule has 0 radical (unpaired) electrons. The highest BCUT2D eigenvalue weighted by Crippen LogP contribution is 2.03. The average molecular weight is 224 g/mol. The maximum Gasteiger partial charge on any atom is 0.269 e. The summed E-state index contributed by atoms with van der Waals surface area (Å²) in [5, 5.41) is 19.8. The first-order valence-corrected chi connectivity index (χ1v) is 5.19. The molecule has 1 amide bonds. The van der Waals surface area contributed by atoms with Gasteiger partial charge >= 0.3 is 0 Å². The summed E-state index contributed by atoms with van der Waals surface area (Å²) in [5.41, 5.74) is 5.15. The molecule has 1 unspecified atom stereocenters. The maximum atomic E-state index is 10.7. The van der Waals surface area contributed by atoms with Crippen molar-refractivity contribution in [2.24, 2.45) is 5.73 Å². The number of carbonyl (C=O) groups excluding carboxylic acids is 1. The zero-order valence-corrected chi connectivity index (χ0v) is 9.18. The number of anilines is 1. The Labute approximate surface area is 93.9 Å². The lowest BCUT2D eigenvalue weighted by Crippen LogP contribution is -2.20. The van der Waals surface area contributed by atoms with Gasteiger partial charge < -0.3 is 16.2 Å². The van der Waals surface area contributed by atoms with Crippen molar-refractivity contribution in [2.45, 2.75) is 25.9 Å². The van der Waals surface area contributed by atoms with Crippen LogP contribution in [0.2, 0.25) is 0 Å². The molecule has 1 atom stereocenters. The average Bonchev–Trinajstić information content (AvgIpc) is 2.27. The van der Waals surface area contributed by atoms with Crippen LogP contribution in [0.5, 0.6) is 0 Å². The van der Waals surface area contributed by atoms with Crippen LogP contribution in [-0.2, 0) is 0 Å². The molecule has 0 saturated carbocycles. The Morgan fingerprint density at radius 2 is 2.31 bits per heavy atom. The summed E-state index contributed by atoms with van der Waals surface area (Å²) in [6.07, 6.45) is 1.26. The zero-order chi connectivity index (χ0) is 12.0. The molecular weight excluding hydrogens is 208 g/mol. The minimum atomic E-state index is -0.606. The summed E-state index contributed by atoms with van der Waals surface area (Å²) in [6, 6.07) is 3.09. The molecule has 0 aliphatic carbocycles. The molecular formula is C10H16N4O2. The van der Waals surface area contributed by atoms with E-state index >= 15 is 0 Å². The van der Waals surface area contributed by atoms with Crippen LogP contribution in [0.25, 0.3) is 0 Å². The molecule has 6 heteroatoms. The number of nitrogens with two attached hydrogens (primary N) is 1. The third-order valence-corrected chi connectivity index (χ3v) is 2.06. The van der Waals surface area contributed by atoms with Crippen LogP contribution in [0.1, 0.15) is 30.3 Å². The van der Waals surface area contributed by atoms with E-state index in [0.29, 0.717) is 12.4 Å². The smallest absolute Gasteiger partial charge is 0.269 e. The van der Waals surface area contributed by atoms with Crippen LogP contribution in [0.4, 0.5) is 5.82 Å². The lowest BCUT2D eigenvalue weighted by Gasteiger charge is -2.10. The number of nitrogens with zero attached hydrogens (tertiary/aromatic N) is 2. The van der Waals surface area contributed by atoms with E-state index in [9.17, 15) is 9.90 Å². The minimum Gasteiger partial charge on any atom is -0.391 e. The van der Waals surface area contributed by atoms with E-state index in [1.54, 1.807) is 6.07 Å². The van der Waals surface area contributed by atoms with E-state index in [0.717, 1.165) is 12.8 Å². The monoisotopic (exact) mass is 224 g/mol. The van der Waals surface area contributed by atoms with Crippen molar-refractivity contribution < 1.29 is 9.90 Å². The molecule has 1 aromatic rings. The van der Waals surface area contributed by atoms with Crippen molar-refractivity contribution in [3.8, 4) is 0 Å². The highest BCUT2D eigenvalue weighted by Gasteiger charge is 2.05. The van der Waals surface area contributed by atoms with Gasteiger partial charge in [0.25, 0.3) is 5.91 Å². The SMILES string of the molecule is CCCC(O)CNc1ccc(C(N)=O)nn1. The van der Waals surface area contributed by atoms with E-state index in [4.69, 9.17) is 5.73 Å². The van der Waals surface area contributed by atoms with Gasteiger partial charge in [-0.3, -0.25) is 4.79 Å². The van der Waals surface area contributed by atoms with Crippen LogP contribution in [0, 0.1) is 0 Å². The molecule has 88 valence electrons. The molecule has 1 rings (SSSR count). The Bertz CT molecular complexity index is 339. The Kier molecular flexibility index (Phi) is 4.65. The number of hydrogen-bond donors (Lipinski definition) is 3. The summed E-state index contributed by atoms with van der Waals surface area (Å²) >= 11 is 0. The number of aliphatic hydroxyl groups excluding tert-OH is 1. The summed E-state index contributed by atoms with van der Waals surface area (Å²) < 4.78 is 0. The first-order valence-electron chi connectivity index (χ1n) is 5.19. The number of rotatable bonds is 6. The summed E-state index contributed by atoms with van der Waals surface area (Å²) in [5.74, 6) is -0.0924. The molecule has 0 saturated heterocycles. The molecule has 6 nitrogen and oxygen atoms in total. The van der Waals surface area contributed by atoms with Gasteiger partial charge in [-0.05, 0) is 18.6 Å². The number of nitrogens with one attached hydrogen (secondary N) is 1. The van der Waals surface area contributed by atoms with Crippen molar-refractivity contribution in [2.75, 3.05) is 11.9 Å². The van der Waals surface area contributed by atoms with E-state index in [-0.39, 0.29) is 5.69 Å². The van der Waals surface area contributed by atoms with E-state index in [2.05, 4.69) is 15.5 Å². The molecule has 4 N–H and O–H groups in total. The van der Waals surface area contributed by atoms with E-state index in [1.165, 1.54) is 6.07 Å². The van der Waals surface area contributed by atoms with Crippen molar-refractivity contribution in [1.82, 2.24) is 10.2 Å². The molecule has 0 spiro atoms. The number of primary amides is 1. The molecule has 16 heavy (non-hydrogen) atoms. The number of hydrogen-bond acceptors (Lipinski definition) is 5. The van der Waals surface area contributed by atoms with E-state index < -0.39 is 12.0 Å². The molecule has 0 fully saturated rings. The quantitative estimate of drug-likeness (QED) is 0.638. The highest BCUT2D eigenvalue weighted by atomic mass is 16.3. The Balaban J connectivity index is 2.46. The predicted molar refractivity (Wildman–Crippen MR) is 60.0 cm³/mol. The van der Waals surface area contributed by atoms with Gasteiger partial charge in [-0.15, -0.1) is 10.2 Å². The van der Waals surface area contributed by atoms with Crippen LogP contribution < -0.4 is 11.1 Å². The van der Waals surface area contributed by atoms with Gasteiger partial charge in [0.2, 0.25) is 0 Å². The fourth-order valence-electron chi connectivity index (χ4n) is 1.22. The normalized spacial score (nSPS) is 12.1. The molecule has 0 aliphatic heterocycles. The van der Waals surface area contributed by atoms with Crippen molar-refractivity contribution in [3.05, 3.63) is 17.8 Å². The second-order valence-electron chi connectivity index (χ2n) is 3.49. The molecule has 0 aromatic carbocycles. The standard InChI is InChI=1S/C10H16N4O2/c1-2-3-7(15)6-12-9-5-4-8(10(11)16)13-14-9/h4-5,7,15H,2-3,6H2,1H3,(H2,11,16)(H,12,14). The van der Waals surface area contributed by atoms with Crippen molar-refractivity contribution >= 4 is 11.7 Å². The third-order valence-electron chi connectivity index (χ3n) is 2.06. The summed E-state index contributed by atoms with van der Waals surface area (Å²) in [4.78, 5) is 10.7. The largest absolute Gasteiger partial charge is 0.391 e. The minimum absolute atomic E-state index is 0.125. The first-order chi connectivity index (χ1) is 7.63. The zero-order valence-electron chi connectivity index (χ0n) is 9.18. The lowest BCUT2D eigenvalue weighted by molar-refractivity contribution is 0.0994. The topological polar surface area (TPSA) is 101 Å². The van der Waals surface area contributed by atoms with Gasteiger partial charge in [-0.2, -0.15) is 0 Å². The number of carbonyl (C=O) groups is 1. The van der Waals surface area contributed by atoms with Crippen LogP contribution in [-0.4, -0.2) is 33.9 Å². The molecule has 0 bridgehead atoms. The van der Waals surface area contributed by atoms with Gasteiger partial charge in [0.15, 0.2) is 5.69 Å². The maximum absolute atomic E-state index is 10.7. The molecule has 1 heterocycles. The Morgan fingerprint density at radius 1 is 1.56 bits per heavy atom. The third kappa shape index (κ3) is 3.82. The van der Waals surface area contributed by atoms with Gasteiger partial charge in [0.05, 0.1) is 6.10 Å². The number of aliphatic hydroxyl groups is 1. The molecule has 1 aromatic heterocycles. The predicted octanol–water partition coefficient (Wildman–Crippen LogP) is 0.148.